The number of nitrogens with two attached hydrogens (primary N) is 1. The molecule has 3 aromatic rings. The third-order valence-corrected chi connectivity index (χ3v) is 5.20. The van der Waals surface area contributed by atoms with Gasteiger partial charge >= 0.3 is 0 Å². The van der Waals surface area contributed by atoms with Crippen LogP contribution in [0.1, 0.15) is 0 Å². The highest BCUT2D eigenvalue weighted by Crippen LogP contribution is 2.37. The maximum Gasteiger partial charge on any atom is 0.238 e. The van der Waals surface area contributed by atoms with Crippen molar-refractivity contribution in [1.82, 2.24) is 0 Å². The van der Waals surface area contributed by atoms with Crippen molar-refractivity contribution in [2.24, 2.45) is 10.1 Å². The van der Waals surface area contributed by atoms with Gasteiger partial charge in [-0.25, -0.2) is 27.3 Å². The standard InChI is InChI=1S/C20H15F2N3O3S/c21-13-8-9-19(16(22)10-13)28-20-12-25(18-7-2-1-6-17(18)24-20)14-4-3-5-15(11-14)29(23,26)27/h1-11H,12H2,(H2,23,26,27). The maximum atomic E-state index is 14.0. The predicted octanol–water partition coefficient (Wildman–Crippen LogP) is 3.87. The molecule has 148 valence electrons. The van der Waals surface area contributed by atoms with Crippen LogP contribution in [0, 0.1) is 11.6 Å². The molecular formula is C20H15F2N3O3S. The van der Waals surface area contributed by atoms with Crippen LogP contribution >= 0.6 is 0 Å². The van der Waals surface area contributed by atoms with Gasteiger partial charge in [-0.3, -0.25) is 0 Å². The minimum absolute atomic E-state index is 0.0398. The van der Waals surface area contributed by atoms with Gasteiger partial charge < -0.3 is 9.64 Å². The third-order valence-electron chi connectivity index (χ3n) is 4.29. The minimum Gasteiger partial charge on any atom is -0.438 e. The summed E-state index contributed by atoms with van der Waals surface area (Å²) < 4.78 is 56.2. The number of primary sulfonamides is 1. The molecule has 6 nitrogen and oxygen atoms in total. The highest BCUT2D eigenvalue weighted by molar-refractivity contribution is 7.89. The molecule has 0 unspecified atom stereocenters. The van der Waals surface area contributed by atoms with Crippen LogP contribution < -0.4 is 14.8 Å². The summed E-state index contributed by atoms with van der Waals surface area (Å²) in [6, 6.07) is 16.3. The first-order valence-electron chi connectivity index (χ1n) is 8.51. The summed E-state index contributed by atoms with van der Waals surface area (Å²) in [5.74, 6) is -1.57. The van der Waals surface area contributed by atoms with Gasteiger partial charge in [0.2, 0.25) is 15.9 Å². The monoisotopic (exact) mass is 415 g/mol. The third kappa shape index (κ3) is 3.96. The Bertz CT molecular complexity index is 1230. The zero-order chi connectivity index (χ0) is 20.6. The number of anilines is 2. The van der Waals surface area contributed by atoms with Crippen molar-refractivity contribution in [1.29, 1.82) is 0 Å². The van der Waals surface area contributed by atoms with Gasteiger partial charge in [0.1, 0.15) is 5.82 Å². The molecule has 1 heterocycles. The highest BCUT2D eigenvalue weighted by atomic mass is 32.2. The molecule has 0 amide bonds. The molecule has 3 aromatic carbocycles. The normalized spacial score (nSPS) is 13.6. The van der Waals surface area contributed by atoms with Crippen molar-refractivity contribution in [2.45, 2.75) is 4.90 Å². The number of hydrogen-bond donors (Lipinski definition) is 1. The van der Waals surface area contributed by atoms with Crippen molar-refractivity contribution in [3.8, 4) is 5.75 Å². The number of sulfonamides is 1. The first kappa shape index (κ1) is 19.0. The molecule has 0 atom stereocenters. The molecule has 2 N–H and O–H groups in total. The summed E-state index contributed by atoms with van der Waals surface area (Å²) in [6.45, 7) is 0.0991. The quantitative estimate of drug-likeness (QED) is 0.704. The molecule has 9 heteroatoms. The SMILES string of the molecule is NS(=O)(=O)c1cccc(N2CC(Oc3ccc(F)cc3F)=Nc3ccccc32)c1. The van der Waals surface area contributed by atoms with Crippen molar-refractivity contribution >= 4 is 33.0 Å². The summed E-state index contributed by atoms with van der Waals surface area (Å²) >= 11 is 0. The van der Waals surface area contributed by atoms with Crippen LogP contribution in [0.3, 0.4) is 0 Å². The van der Waals surface area contributed by atoms with Gasteiger partial charge in [-0.2, -0.15) is 0 Å². The first-order chi connectivity index (χ1) is 13.8. The summed E-state index contributed by atoms with van der Waals surface area (Å²) in [5, 5.41) is 5.24. The van der Waals surface area contributed by atoms with E-state index in [1.165, 1.54) is 18.2 Å². The number of benzene rings is 3. The zero-order valence-corrected chi connectivity index (χ0v) is 15.7. The van der Waals surface area contributed by atoms with Crippen molar-refractivity contribution in [3.05, 3.63) is 78.4 Å². The Labute approximate surface area is 165 Å². The molecule has 0 bridgehead atoms. The van der Waals surface area contributed by atoms with Crippen LogP contribution in [0.25, 0.3) is 0 Å². The van der Waals surface area contributed by atoms with E-state index in [2.05, 4.69) is 4.99 Å². The second kappa shape index (κ2) is 7.26. The Hall–Kier alpha value is -3.30. The molecule has 0 spiro atoms. The van der Waals surface area contributed by atoms with Gasteiger partial charge in [-0.15, -0.1) is 0 Å². The van der Waals surface area contributed by atoms with E-state index in [9.17, 15) is 17.2 Å². The number of aliphatic imine (C=N–C) groups is 1. The van der Waals surface area contributed by atoms with Crippen LogP contribution in [-0.2, 0) is 10.0 Å². The van der Waals surface area contributed by atoms with Gasteiger partial charge in [0.15, 0.2) is 11.6 Å². The Morgan fingerprint density at radius 2 is 1.79 bits per heavy atom. The summed E-state index contributed by atoms with van der Waals surface area (Å²) in [4.78, 5) is 6.13. The van der Waals surface area contributed by atoms with E-state index in [0.29, 0.717) is 17.1 Å². The Morgan fingerprint density at radius 3 is 2.55 bits per heavy atom. The van der Waals surface area contributed by atoms with Crippen LogP contribution in [0.4, 0.5) is 25.8 Å². The smallest absolute Gasteiger partial charge is 0.238 e. The fraction of sp³-hybridized carbons (Fsp3) is 0.0500. The van der Waals surface area contributed by atoms with E-state index in [0.717, 1.165) is 12.1 Å². The van der Waals surface area contributed by atoms with Crippen LogP contribution in [0.5, 0.6) is 5.75 Å². The second-order valence-corrected chi connectivity index (χ2v) is 7.86. The summed E-state index contributed by atoms with van der Waals surface area (Å²) in [5.41, 5.74) is 1.81. The summed E-state index contributed by atoms with van der Waals surface area (Å²) in [6.07, 6.45) is 0. The molecule has 0 saturated heterocycles. The summed E-state index contributed by atoms with van der Waals surface area (Å²) in [7, 11) is -3.89. The van der Waals surface area contributed by atoms with Gasteiger partial charge in [-0.05, 0) is 42.5 Å². The lowest BCUT2D eigenvalue weighted by Crippen LogP contribution is -2.31. The van der Waals surface area contributed by atoms with Crippen LogP contribution in [0.2, 0.25) is 0 Å². The van der Waals surface area contributed by atoms with Crippen LogP contribution in [0.15, 0.2) is 76.6 Å². The van der Waals surface area contributed by atoms with Crippen molar-refractivity contribution < 1.29 is 21.9 Å². The molecule has 0 fully saturated rings. The number of fused-ring (bicyclic) bond motifs is 1. The molecule has 0 saturated carbocycles. The molecular weight excluding hydrogens is 400 g/mol. The Kier molecular flexibility index (Phi) is 4.77. The number of para-hydroxylation sites is 2. The molecule has 0 aromatic heterocycles. The van der Waals surface area contributed by atoms with E-state index in [-0.39, 0.29) is 23.1 Å². The average Bonchev–Trinajstić information content (AvgIpc) is 2.69. The lowest BCUT2D eigenvalue weighted by Gasteiger charge is -2.30. The van der Waals surface area contributed by atoms with E-state index in [1.807, 2.05) is 12.1 Å². The van der Waals surface area contributed by atoms with E-state index in [1.54, 1.807) is 29.2 Å². The molecule has 4 rings (SSSR count). The largest absolute Gasteiger partial charge is 0.438 e. The fourth-order valence-electron chi connectivity index (χ4n) is 2.98. The lowest BCUT2D eigenvalue weighted by atomic mass is 10.2. The van der Waals surface area contributed by atoms with E-state index in [4.69, 9.17) is 9.88 Å². The lowest BCUT2D eigenvalue weighted by molar-refractivity contribution is 0.476. The number of halogens is 2. The van der Waals surface area contributed by atoms with Gasteiger partial charge in [0.05, 0.1) is 22.8 Å². The Morgan fingerprint density at radius 1 is 1.00 bits per heavy atom. The number of ether oxygens (including phenoxy) is 1. The molecule has 29 heavy (non-hydrogen) atoms. The van der Waals surface area contributed by atoms with E-state index < -0.39 is 21.7 Å². The highest BCUT2D eigenvalue weighted by Gasteiger charge is 2.24. The minimum atomic E-state index is -3.89. The van der Waals surface area contributed by atoms with Gasteiger partial charge in [-0.1, -0.05) is 18.2 Å². The number of nitrogens with zero attached hydrogens (tertiary/aromatic N) is 2. The molecule has 1 aliphatic heterocycles. The van der Waals surface area contributed by atoms with Crippen molar-refractivity contribution in [2.75, 3.05) is 11.4 Å². The Balaban J connectivity index is 1.74. The second-order valence-electron chi connectivity index (χ2n) is 6.30. The first-order valence-corrected chi connectivity index (χ1v) is 10.1. The van der Waals surface area contributed by atoms with Crippen molar-refractivity contribution in [3.63, 3.8) is 0 Å². The topological polar surface area (TPSA) is 85.0 Å². The molecule has 0 aliphatic carbocycles. The van der Waals surface area contributed by atoms with Gasteiger partial charge in [0.25, 0.3) is 0 Å². The fourth-order valence-corrected chi connectivity index (χ4v) is 3.53. The molecule has 1 aliphatic rings. The number of rotatable bonds is 3. The zero-order valence-electron chi connectivity index (χ0n) is 14.9. The van der Waals surface area contributed by atoms with Crippen LogP contribution in [-0.4, -0.2) is 20.9 Å². The number of hydrogen-bond acceptors (Lipinski definition) is 5. The predicted molar refractivity (Wildman–Crippen MR) is 105 cm³/mol. The average molecular weight is 415 g/mol. The van der Waals surface area contributed by atoms with E-state index >= 15 is 0 Å². The molecule has 0 radical (unpaired) electrons. The van der Waals surface area contributed by atoms with Gasteiger partial charge in [0, 0.05) is 11.8 Å². The maximum absolute atomic E-state index is 14.0.